The van der Waals surface area contributed by atoms with Crippen molar-refractivity contribution in [3.63, 3.8) is 0 Å². The van der Waals surface area contributed by atoms with Crippen LogP contribution in [-0.4, -0.2) is 18.0 Å². The van der Waals surface area contributed by atoms with E-state index >= 15 is 0 Å². The van der Waals surface area contributed by atoms with Crippen molar-refractivity contribution in [2.24, 2.45) is 7.05 Å². The van der Waals surface area contributed by atoms with Crippen LogP contribution < -0.4 is 4.72 Å². The molecule has 0 amide bonds. The molecular formula is C17H15Cl2N3O2S. The highest BCUT2D eigenvalue weighted by molar-refractivity contribution is 7.89. The predicted molar refractivity (Wildman–Crippen MR) is 98.3 cm³/mol. The molecule has 8 heteroatoms. The molecule has 5 nitrogen and oxygen atoms in total. The number of sulfonamides is 1. The smallest absolute Gasteiger partial charge is 0.241 e. The molecule has 0 radical (unpaired) electrons. The number of hydrogen-bond donors (Lipinski definition) is 1. The van der Waals surface area contributed by atoms with Crippen LogP contribution >= 0.6 is 23.2 Å². The molecule has 0 saturated carbocycles. The van der Waals surface area contributed by atoms with Crippen molar-refractivity contribution in [2.75, 3.05) is 0 Å². The van der Waals surface area contributed by atoms with E-state index in [1.54, 1.807) is 17.0 Å². The summed E-state index contributed by atoms with van der Waals surface area (Å²) < 4.78 is 30.2. The summed E-state index contributed by atoms with van der Waals surface area (Å²) in [7, 11) is -2.06. The van der Waals surface area contributed by atoms with E-state index in [1.807, 2.05) is 37.4 Å². The third-order valence-corrected chi connectivity index (χ3v) is 5.51. The minimum absolute atomic E-state index is 0.000130. The van der Waals surface area contributed by atoms with E-state index in [1.165, 1.54) is 18.2 Å². The molecule has 1 unspecified atom stereocenters. The molecule has 1 heterocycles. The summed E-state index contributed by atoms with van der Waals surface area (Å²) in [6.45, 7) is 0. The molecule has 0 fully saturated rings. The van der Waals surface area contributed by atoms with Crippen LogP contribution in [0.2, 0.25) is 10.0 Å². The summed E-state index contributed by atoms with van der Waals surface area (Å²) in [5, 5.41) is 0.502. The summed E-state index contributed by atoms with van der Waals surface area (Å²) in [6.07, 6.45) is 3.38. The SMILES string of the molecule is Cn1ccnc1C(NS(=O)(=O)c1cc(Cl)cc(Cl)c1)c1ccccc1. The number of hydrogen-bond acceptors (Lipinski definition) is 3. The van der Waals surface area contributed by atoms with Crippen molar-refractivity contribution in [1.29, 1.82) is 0 Å². The van der Waals surface area contributed by atoms with Crippen molar-refractivity contribution >= 4 is 33.2 Å². The van der Waals surface area contributed by atoms with Crippen LogP contribution in [0.1, 0.15) is 17.4 Å². The maximum Gasteiger partial charge on any atom is 0.241 e. The van der Waals surface area contributed by atoms with E-state index in [4.69, 9.17) is 23.2 Å². The minimum Gasteiger partial charge on any atom is -0.336 e. The molecule has 0 bridgehead atoms. The van der Waals surface area contributed by atoms with Gasteiger partial charge in [-0.3, -0.25) is 0 Å². The predicted octanol–water partition coefficient (Wildman–Crippen LogP) is 3.79. The first-order chi connectivity index (χ1) is 11.9. The number of nitrogens with zero attached hydrogens (tertiary/aromatic N) is 2. The first-order valence-corrected chi connectivity index (χ1v) is 9.61. The van der Waals surface area contributed by atoms with Gasteiger partial charge in [-0.05, 0) is 23.8 Å². The molecule has 0 aliphatic heterocycles. The van der Waals surface area contributed by atoms with Crippen molar-refractivity contribution in [2.45, 2.75) is 10.9 Å². The summed E-state index contributed by atoms with van der Waals surface area (Å²) in [4.78, 5) is 4.29. The summed E-state index contributed by atoms with van der Waals surface area (Å²) in [5.41, 5.74) is 0.772. The zero-order chi connectivity index (χ0) is 18.0. The molecule has 1 atom stereocenters. The van der Waals surface area contributed by atoms with Crippen LogP contribution in [0, 0.1) is 0 Å². The van der Waals surface area contributed by atoms with Crippen LogP contribution in [0.4, 0.5) is 0 Å². The molecule has 0 spiro atoms. The van der Waals surface area contributed by atoms with E-state index in [2.05, 4.69) is 9.71 Å². The van der Waals surface area contributed by atoms with Gasteiger partial charge in [0.25, 0.3) is 0 Å². The van der Waals surface area contributed by atoms with Crippen molar-refractivity contribution in [1.82, 2.24) is 14.3 Å². The lowest BCUT2D eigenvalue weighted by molar-refractivity contribution is 0.563. The van der Waals surface area contributed by atoms with Crippen LogP contribution in [0.25, 0.3) is 0 Å². The number of imidazole rings is 1. The molecule has 3 aromatic rings. The summed E-state index contributed by atoms with van der Waals surface area (Å²) in [5.74, 6) is 0.572. The molecule has 25 heavy (non-hydrogen) atoms. The highest BCUT2D eigenvalue weighted by atomic mass is 35.5. The van der Waals surface area contributed by atoms with Crippen LogP contribution in [0.5, 0.6) is 0 Å². The number of aromatic nitrogens is 2. The lowest BCUT2D eigenvalue weighted by atomic mass is 10.1. The fraction of sp³-hybridized carbons (Fsp3) is 0.118. The number of nitrogens with one attached hydrogen (secondary N) is 1. The highest BCUT2D eigenvalue weighted by Gasteiger charge is 2.26. The Bertz CT molecular complexity index is 968. The average molecular weight is 396 g/mol. The Labute approximate surface area is 156 Å². The van der Waals surface area contributed by atoms with E-state index in [-0.39, 0.29) is 14.9 Å². The van der Waals surface area contributed by atoms with Crippen molar-refractivity contribution in [3.05, 3.63) is 82.4 Å². The molecule has 0 aliphatic rings. The Balaban J connectivity index is 2.05. The van der Waals surface area contributed by atoms with Gasteiger partial charge in [-0.15, -0.1) is 0 Å². The van der Waals surface area contributed by atoms with Crippen LogP contribution in [-0.2, 0) is 17.1 Å². The second kappa shape index (κ2) is 7.17. The third-order valence-electron chi connectivity index (χ3n) is 3.67. The maximum atomic E-state index is 12.9. The largest absolute Gasteiger partial charge is 0.336 e. The van der Waals surface area contributed by atoms with Gasteiger partial charge in [-0.2, -0.15) is 4.72 Å². The molecule has 1 aromatic heterocycles. The fourth-order valence-corrected chi connectivity index (χ4v) is 4.39. The minimum atomic E-state index is -3.87. The molecule has 1 N–H and O–H groups in total. The Morgan fingerprint density at radius 1 is 1.08 bits per heavy atom. The Kier molecular flexibility index (Phi) is 5.15. The topological polar surface area (TPSA) is 64.0 Å². The maximum absolute atomic E-state index is 12.9. The van der Waals surface area contributed by atoms with E-state index in [9.17, 15) is 8.42 Å². The Hall–Kier alpha value is -1.86. The lowest BCUT2D eigenvalue weighted by Crippen LogP contribution is -2.31. The van der Waals surface area contributed by atoms with Gasteiger partial charge in [0, 0.05) is 29.5 Å². The lowest BCUT2D eigenvalue weighted by Gasteiger charge is -2.19. The van der Waals surface area contributed by atoms with Crippen LogP contribution in [0.15, 0.2) is 65.8 Å². The second-order valence-corrected chi connectivity index (χ2v) is 8.05. The van der Waals surface area contributed by atoms with E-state index in [0.29, 0.717) is 5.82 Å². The fourth-order valence-electron chi connectivity index (χ4n) is 2.48. The Morgan fingerprint density at radius 3 is 2.28 bits per heavy atom. The van der Waals surface area contributed by atoms with Gasteiger partial charge in [0.05, 0.1) is 4.90 Å². The number of rotatable bonds is 5. The van der Waals surface area contributed by atoms with Gasteiger partial charge in [0.1, 0.15) is 11.9 Å². The monoisotopic (exact) mass is 395 g/mol. The quantitative estimate of drug-likeness (QED) is 0.714. The second-order valence-electron chi connectivity index (χ2n) is 5.47. The van der Waals surface area contributed by atoms with Crippen molar-refractivity contribution < 1.29 is 8.42 Å². The normalized spacial score (nSPS) is 12.9. The number of halogens is 2. The van der Waals surface area contributed by atoms with Crippen LogP contribution in [0.3, 0.4) is 0 Å². The first-order valence-electron chi connectivity index (χ1n) is 7.37. The standard InChI is InChI=1S/C17H15Cl2N3O2S/c1-22-8-7-20-17(22)16(12-5-3-2-4-6-12)21-25(23,24)15-10-13(18)9-14(19)11-15/h2-11,16,21H,1H3. The molecule has 2 aromatic carbocycles. The average Bonchev–Trinajstić information content (AvgIpc) is 2.98. The van der Waals surface area contributed by atoms with E-state index < -0.39 is 16.1 Å². The zero-order valence-electron chi connectivity index (χ0n) is 13.2. The molecule has 130 valence electrons. The molecule has 3 rings (SSSR count). The van der Waals surface area contributed by atoms with Crippen molar-refractivity contribution in [3.8, 4) is 0 Å². The summed E-state index contributed by atoms with van der Waals surface area (Å²) >= 11 is 11.9. The molecule has 0 saturated heterocycles. The number of benzene rings is 2. The molecular weight excluding hydrogens is 381 g/mol. The molecule has 0 aliphatic carbocycles. The number of aryl methyl sites for hydroxylation is 1. The van der Waals surface area contributed by atoms with Gasteiger partial charge in [-0.25, -0.2) is 13.4 Å². The summed E-state index contributed by atoms with van der Waals surface area (Å²) in [6, 6.07) is 12.8. The van der Waals surface area contributed by atoms with Gasteiger partial charge in [-0.1, -0.05) is 53.5 Å². The van der Waals surface area contributed by atoms with Gasteiger partial charge in [0.15, 0.2) is 0 Å². The van der Waals surface area contributed by atoms with Gasteiger partial charge in [0.2, 0.25) is 10.0 Å². The highest BCUT2D eigenvalue weighted by Crippen LogP contribution is 2.26. The Morgan fingerprint density at radius 2 is 1.72 bits per heavy atom. The zero-order valence-corrected chi connectivity index (χ0v) is 15.6. The third kappa shape index (κ3) is 4.04. The van der Waals surface area contributed by atoms with Gasteiger partial charge < -0.3 is 4.57 Å². The van der Waals surface area contributed by atoms with Gasteiger partial charge >= 0.3 is 0 Å². The van der Waals surface area contributed by atoms with E-state index in [0.717, 1.165) is 5.56 Å². The first kappa shape index (κ1) is 17.9.